The standard InChI is InChI=1S/C29H24ClO3S.F6P/c1-3-18-33-25-17-16-24(30)27-28(31)23-6-4-5-7-26(23)34(29(25)27)22-14-10-20(11-15-22)19-8-12-21(32-2)13-9-19;1-7(2,3,4,5)6/h4-17H,3,18H2,1-2H3;/q+1;-1. The third-order valence-corrected chi connectivity index (χ3v) is 8.50. The molecule has 5 aromatic rings. The first-order valence-electron chi connectivity index (χ1n) is 12.2. The Morgan fingerprint density at radius 3 is 1.93 bits per heavy atom. The number of fused-ring (bicyclic) bond motifs is 2. The zero-order chi connectivity index (χ0) is 30.1. The van der Waals surface area contributed by atoms with Crippen molar-refractivity contribution in [1.29, 1.82) is 0 Å². The summed E-state index contributed by atoms with van der Waals surface area (Å²) >= 11 is 6.61. The summed E-state index contributed by atoms with van der Waals surface area (Å²) < 4.78 is 72.5. The average molecular weight is 633 g/mol. The van der Waals surface area contributed by atoms with Crippen molar-refractivity contribution in [2.45, 2.75) is 13.3 Å². The second kappa shape index (κ2) is 10.8. The van der Waals surface area contributed by atoms with Crippen molar-refractivity contribution in [2.75, 3.05) is 13.7 Å². The maximum atomic E-state index is 13.5. The van der Waals surface area contributed by atoms with E-state index in [4.69, 9.17) is 21.1 Å². The molecular weight excluding hydrogens is 609 g/mol. The Labute approximate surface area is 239 Å². The van der Waals surface area contributed by atoms with Crippen LogP contribution in [0.4, 0.5) is 25.2 Å². The van der Waals surface area contributed by atoms with E-state index in [-0.39, 0.29) is 5.43 Å². The van der Waals surface area contributed by atoms with Crippen molar-refractivity contribution in [3.63, 3.8) is 0 Å². The fraction of sp³-hybridized carbons (Fsp3) is 0.138. The van der Waals surface area contributed by atoms with E-state index in [0.29, 0.717) is 22.4 Å². The van der Waals surface area contributed by atoms with Gasteiger partial charge in [0.15, 0.2) is 15.3 Å². The summed E-state index contributed by atoms with van der Waals surface area (Å²) in [6, 6.07) is 28.0. The number of benzene rings is 4. The molecule has 1 heterocycles. The van der Waals surface area contributed by atoms with Gasteiger partial charge in [0.05, 0.1) is 24.1 Å². The van der Waals surface area contributed by atoms with Crippen LogP contribution in [0.3, 0.4) is 0 Å². The summed E-state index contributed by atoms with van der Waals surface area (Å²) in [7, 11) is -9.51. The molecule has 0 bridgehead atoms. The van der Waals surface area contributed by atoms with E-state index >= 15 is 0 Å². The topological polar surface area (TPSA) is 35.5 Å². The fourth-order valence-corrected chi connectivity index (χ4v) is 6.92. The van der Waals surface area contributed by atoms with E-state index in [1.165, 1.54) is 0 Å². The number of hydrogen-bond acceptors (Lipinski definition) is 3. The molecule has 0 aliphatic carbocycles. The zero-order valence-corrected chi connectivity index (χ0v) is 24.2. The van der Waals surface area contributed by atoms with Crippen LogP contribution in [0, 0.1) is 0 Å². The van der Waals surface area contributed by atoms with Crippen LogP contribution in [0.5, 0.6) is 11.5 Å². The van der Waals surface area contributed by atoms with Gasteiger partial charge in [0.25, 0.3) is 0 Å². The van der Waals surface area contributed by atoms with Gasteiger partial charge in [-0.3, -0.25) is 4.79 Å². The number of rotatable bonds is 6. The molecule has 12 heteroatoms. The van der Waals surface area contributed by atoms with Gasteiger partial charge in [-0.1, -0.05) is 42.8 Å². The Hall–Kier alpha value is -3.33. The first-order valence-corrected chi connectivity index (χ1v) is 15.8. The molecule has 5 rings (SSSR count). The Bertz CT molecular complexity index is 1760. The molecule has 0 spiro atoms. The van der Waals surface area contributed by atoms with Crippen LogP contribution in [0.15, 0.2) is 89.7 Å². The van der Waals surface area contributed by atoms with Crippen molar-refractivity contribution in [3.05, 3.63) is 100 Å². The zero-order valence-electron chi connectivity index (χ0n) is 21.7. The van der Waals surface area contributed by atoms with E-state index < -0.39 is 18.3 Å². The molecule has 4 aromatic carbocycles. The monoisotopic (exact) mass is 632 g/mol. The van der Waals surface area contributed by atoms with Crippen LogP contribution in [0.25, 0.3) is 36.2 Å². The van der Waals surface area contributed by atoms with Gasteiger partial charge in [-0.05, 0) is 78.2 Å². The average Bonchev–Trinajstić information content (AvgIpc) is 2.91. The van der Waals surface area contributed by atoms with E-state index in [9.17, 15) is 30.0 Å². The fourth-order valence-electron chi connectivity index (χ4n) is 4.17. The molecule has 0 aliphatic heterocycles. The van der Waals surface area contributed by atoms with Gasteiger partial charge in [0, 0.05) is 10.5 Å². The molecule has 218 valence electrons. The second-order valence-electron chi connectivity index (χ2n) is 8.94. The van der Waals surface area contributed by atoms with Crippen LogP contribution in [0.1, 0.15) is 13.3 Å². The molecule has 0 saturated carbocycles. The van der Waals surface area contributed by atoms with Crippen LogP contribution < -0.4 is 14.9 Å². The van der Waals surface area contributed by atoms with Crippen LogP contribution >= 0.6 is 29.9 Å². The molecule has 0 N–H and O–H groups in total. The molecule has 41 heavy (non-hydrogen) atoms. The van der Waals surface area contributed by atoms with Gasteiger partial charge in [-0.15, -0.1) is 0 Å². The molecule has 1 unspecified atom stereocenters. The third-order valence-electron chi connectivity index (χ3n) is 5.83. The van der Waals surface area contributed by atoms with E-state index in [1.807, 2.05) is 42.5 Å². The minimum atomic E-state index is -10.7. The molecule has 0 amide bonds. The van der Waals surface area contributed by atoms with Crippen molar-refractivity contribution in [3.8, 4) is 27.5 Å². The summed E-state index contributed by atoms with van der Waals surface area (Å²) in [5.74, 6) is 1.56. The van der Waals surface area contributed by atoms with Crippen molar-refractivity contribution in [1.82, 2.24) is 0 Å². The molecule has 0 aliphatic rings. The van der Waals surface area contributed by atoms with Crippen LogP contribution in [-0.4, -0.2) is 13.7 Å². The Kier molecular flexibility index (Phi) is 8.08. The SMILES string of the molecule is CCCOc1ccc(Cl)c2c(=O)c3ccccc3[s+](-c3ccc(-c4ccc(OC)cc4)cc3)c12.F[P-](F)(F)(F)(F)F. The van der Waals surface area contributed by atoms with E-state index in [1.54, 1.807) is 13.2 Å². The van der Waals surface area contributed by atoms with Gasteiger partial charge in [0.1, 0.15) is 11.1 Å². The van der Waals surface area contributed by atoms with Crippen LogP contribution in [-0.2, 0) is 0 Å². The first kappa shape index (κ1) is 30.6. The van der Waals surface area contributed by atoms with Crippen molar-refractivity contribution >= 4 is 50.1 Å². The molecule has 0 radical (unpaired) electrons. The van der Waals surface area contributed by atoms with E-state index in [0.717, 1.165) is 43.3 Å². The maximum absolute atomic E-state index is 13.5. The number of halogens is 7. The number of ether oxygens (including phenoxy) is 2. The van der Waals surface area contributed by atoms with E-state index in [2.05, 4.69) is 43.3 Å². The van der Waals surface area contributed by atoms with Gasteiger partial charge < -0.3 is 9.47 Å². The normalized spacial score (nSPS) is 13.6. The Morgan fingerprint density at radius 1 is 0.805 bits per heavy atom. The Morgan fingerprint density at radius 2 is 1.37 bits per heavy atom. The predicted molar refractivity (Wildman–Crippen MR) is 158 cm³/mol. The summed E-state index contributed by atoms with van der Waals surface area (Å²) in [5.41, 5.74) is 2.19. The molecular formula is C29H24ClF6O3PS. The van der Waals surface area contributed by atoms with Crippen LogP contribution in [0.2, 0.25) is 5.02 Å². The van der Waals surface area contributed by atoms with Gasteiger partial charge in [-0.2, -0.15) is 0 Å². The molecule has 1 atom stereocenters. The first-order chi connectivity index (χ1) is 19.1. The van der Waals surface area contributed by atoms with Crippen molar-refractivity contribution < 1.29 is 34.7 Å². The quantitative estimate of drug-likeness (QED) is 0.0808. The molecule has 3 nitrogen and oxygen atoms in total. The minimum absolute atomic E-state index is 0.0452. The summed E-state index contributed by atoms with van der Waals surface area (Å²) in [4.78, 5) is 14.6. The van der Waals surface area contributed by atoms with Gasteiger partial charge in [-0.25, -0.2) is 0 Å². The summed E-state index contributed by atoms with van der Waals surface area (Å²) in [6.07, 6.45) is 0.881. The number of hydrogen-bond donors (Lipinski definition) is 0. The summed E-state index contributed by atoms with van der Waals surface area (Å²) in [5, 5.41) is 1.72. The second-order valence-corrected chi connectivity index (χ2v) is 13.2. The molecule has 0 fully saturated rings. The third kappa shape index (κ3) is 7.91. The number of methoxy groups -OCH3 is 1. The summed E-state index contributed by atoms with van der Waals surface area (Å²) in [6.45, 7) is 2.65. The molecule has 0 saturated heterocycles. The predicted octanol–water partition coefficient (Wildman–Crippen LogP) is 11.6. The van der Waals surface area contributed by atoms with Crippen molar-refractivity contribution in [2.24, 2.45) is 0 Å². The van der Waals surface area contributed by atoms with Gasteiger partial charge >= 0.3 is 33.0 Å². The molecule has 1 aromatic heterocycles. The van der Waals surface area contributed by atoms with Gasteiger partial charge in [0.2, 0.25) is 10.1 Å². The Balaban J connectivity index is 0.000000493.